The molecule has 192 valence electrons. The van der Waals surface area contributed by atoms with Gasteiger partial charge in [0.25, 0.3) is 5.91 Å². The summed E-state index contributed by atoms with van der Waals surface area (Å²) >= 11 is 2.02. The van der Waals surface area contributed by atoms with Gasteiger partial charge in [0.2, 0.25) is 0 Å². The summed E-state index contributed by atoms with van der Waals surface area (Å²) in [6.45, 7) is 3.72. The third-order valence-electron chi connectivity index (χ3n) is 5.10. The number of aryl methyl sites for hydroxylation is 2. The monoisotopic (exact) mass is 618 g/mol. The number of rotatable bonds is 8. The summed E-state index contributed by atoms with van der Waals surface area (Å²) in [6, 6.07) is 14.4. The van der Waals surface area contributed by atoms with E-state index < -0.39 is 17.6 Å². The van der Waals surface area contributed by atoms with Gasteiger partial charge in [-0.1, -0.05) is 18.2 Å². The van der Waals surface area contributed by atoms with Gasteiger partial charge in [-0.15, -0.1) is 0 Å². The molecule has 3 aromatic rings. The van der Waals surface area contributed by atoms with Crippen molar-refractivity contribution >= 4 is 57.9 Å². The molecule has 0 aliphatic heterocycles. The van der Waals surface area contributed by atoms with Crippen molar-refractivity contribution in [2.45, 2.75) is 13.8 Å². The number of halogens is 2. The van der Waals surface area contributed by atoms with E-state index in [4.69, 9.17) is 9.47 Å². The molecule has 0 saturated heterocycles. The fourth-order valence-corrected chi connectivity index (χ4v) is 3.85. The summed E-state index contributed by atoms with van der Waals surface area (Å²) < 4.78 is 25.3. The van der Waals surface area contributed by atoms with Crippen LogP contribution >= 0.6 is 22.6 Å². The average molecular weight is 618 g/mol. The lowest BCUT2D eigenvalue weighted by Gasteiger charge is -2.14. The maximum absolute atomic E-state index is 13.6. The van der Waals surface area contributed by atoms with Crippen molar-refractivity contribution in [3.8, 4) is 11.5 Å². The number of carbonyl (C=O) groups excluding carboxylic acids is 3. The second-order valence-corrected chi connectivity index (χ2v) is 8.97. The van der Waals surface area contributed by atoms with Crippen molar-refractivity contribution in [2.24, 2.45) is 5.10 Å². The first kappa shape index (κ1) is 27.6. The Bertz CT molecular complexity index is 1360. The summed E-state index contributed by atoms with van der Waals surface area (Å²) in [6.07, 6.45) is 1.30. The van der Waals surface area contributed by atoms with Crippen molar-refractivity contribution in [3.63, 3.8) is 0 Å². The molecule has 37 heavy (non-hydrogen) atoms. The Morgan fingerprint density at radius 3 is 2.46 bits per heavy atom. The number of ether oxygens (including phenoxy) is 2. The second-order valence-electron chi connectivity index (χ2n) is 7.80. The zero-order valence-corrected chi connectivity index (χ0v) is 22.4. The number of nitrogens with zero attached hydrogens (tertiary/aromatic N) is 1. The van der Waals surface area contributed by atoms with Gasteiger partial charge in [-0.2, -0.15) is 5.10 Å². The van der Waals surface area contributed by atoms with E-state index in [2.05, 4.69) is 21.2 Å². The van der Waals surface area contributed by atoms with Crippen LogP contribution in [0.25, 0.3) is 0 Å². The first-order valence-electron chi connectivity index (χ1n) is 10.9. The third kappa shape index (κ3) is 7.74. The smallest absolute Gasteiger partial charge is 0.329 e. The maximum Gasteiger partial charge on any atom is 0.329 e. The standard InChI is InChI=1S/C26H24FIN4O5/c1-15-8-9-18(10-16(15)2)30-23(33)14-37-24-20(28)11-17(12-22(24)36-3)13-29-32-26(35)25(34)31-21-7-5-4-6-19(21)27/h4-13H,14H2,1-3H3,(H,30,33)(H,31,34)(H,32,35)/b29-13-. The van der Waals surface area contributed by atoms with Gasteiger partial charge in [0.15, 0.2) is 18.1 Å². The Morgan fingerprint density at radius 1 is 1.00 bits per heavy atom. The number of benzene rings is 3. The molecule has 0 aliphatic carbocycles. The van der Waals surface area contributed by atoms with E-state index in [0.29, 0.717) is 26.3 Å². The van der Waals surface area contributed by atoms with Crippen molar-refractivity contribution in [1.29, 1.82) is 0 Å². The highest BCUT2D eigenvalue weighted by Crippen LogP contribution is 2.33. The van der Waals surface area contributed by atoms with Crippen LogP contribution in [0.15, 0.2) is 59.7 Å². The molecule has 0 bridgehead atoms. The third-order valence-corrected chi connectivity index (χ3v) is 5.90. The molecule has 0 aliphatic rings. The van der Waals surface area contributed by atoms with Crippen molar-refractivity contribution in [1.82, 2.24) is 5.43 Å². The van der Waals surface area contributed by atoms with Crippen molar-refractivity contribution < 1.29 is 28.2 Å². The summed E-state index contributed by atoms with van der Waals surface area (Å²) in [4.78, 5) is 36.3. The molecule has 3 N–H and O–H groups in total. The second kappa shape index (κ2) is 12.8. The number of methoxy groups -OCH3 is 1. The Hall–Kier alpha value is -4.00. The quantitative estimate of drug-likeness (QED) is 0.152. The van der Waals surface area contributed by atoms with Crippen LogP contribution in [0.3, 0.4) is 0 Å². The average Bonchev–Trinajstić information content (AvgIpc) is 2.86. The summed E-state index contributed by atoms with van der Waals surface area (Å²) in [7, 11) is 1.45. The molecule has 0 unspecified atom stereocenters. The SMILES string of the molecule is COc1cc(/C=N\NC(=O)C(=O)Nc2ccccc2F)cc(I)c1OCC(=O)Nc1ccc(C)c(C)c1. The summed E-state index contributed by atoms with van der Waals surface area (Å²) in [5.74, 6) is -2.44. The Kier molecular flexibility index (Phi) is 9.55. The molecule has 11 heteroatoms. The molecule has 3 rings (SSSR count). The number of hydrazone groups is 1. The predicted molar refractivity (Wildman–Crippen MR) is 147 cm³/mol. The Labute approximate surface area is 226 Å². The topological polar surface area (TPSA) is 118 Å². The summed E-state index contributed by atoms with van der Waals surface area (Å²) in [5, 5.41) is 8.72. The van der Waals surface area contributed by atoms with Gasteiger partial charge in [-0.3, -0.25) is 14.4 Å². The number of amides is 3. The molecule has 0 spiro atoms. The van der Waals surface area contributed by atoms with Crippen LogP contribution in [-0.4, -0.2) is 37.7 Å². The zero-order chi connectivity index (χ0) is 26.9. The largest absolute Gasteiger partial charge is 0.493 e. The van der Waals surface area contributed by atoms with Gasteiger partial charge in [0, 0.05) is 5.69 Å². The maximum atomic E-state index is 13.6. The molecule has 0 atom stereocenters. The minimum absolute atomic E-state index is 0.121. The van der Waals surface area contributed by atoms with E-state index >= 15 is 0 Å². The lowest BCUT2D eigenvalue weighted by molar-refractivity contribution is -0.136. The van der Waals surface area contributed by atoms with Gasteiger partial charge in [0.1, 0.15) is 5.82 Å². The van der Waals surface area contributed by atoms with Crippen LogP contribution in [0, 0.1) is 23.2 Å². The molecular weight excluding hydrogens is 594 g/mol. The van der Waals surface area contributed by atoms with Gasteiger partial charge in [-0.25, -0.2) is 9.82 Å². The molecule has 0 radical (unpaired) electrons. The van der Waals surface area contributed by atoms with E-state index in [1.54, 1.807) is 12.1 Å². The lowest BCUT2D eigenvalue weighted by atomic mass is 10.1. The number of anilines is 2. The molecule has 9 nitrogen and oxygen atoms in total. The fourth-order valence-electron chi connectivity index (χ4n) is 3.07. The van der Waals surface area contributed by atoms with E-state index in [0.717, 1.165) is 17.2 Å². The van der Waals surface area contributed by atoms with Gasteiger partial charge in [0.05, 0.1) is 22.6 Å². The number of hydrogen-bond acceptors (Lipinski definition) is 6. The van der Waals surface area contributed by atoms with E-state index in [9.17, 15) is 18.8 Å². The highest BCUT2D eigenvalue weighted by molar-refractivity contribution is 14.1. The van der Waals surface area contributed by atoms with Gasteiger partial charge < -0.3 is 20.1 Å². The molecule has 0 fully saturated rings. The normalized spacial score (nSPS) is 10.6. The lowest BCUT2D eigenvalue weighted by Crippen LogP contribution is -2.32. The number of nitrogens with one attached hydrogen (secondary N) is 3. The number of carbonyl (C=O) groups is 3. The molecule has 3 aromatic carbocycles. The van der Waals surface area contributed by atoms with Crippen LogP contribution in [0.1, 0.15) is 16.7 Å². The van der Waals surface area contributed by atoms with E-state index in [-0.39, 0.29) is 18.2 Å². The molecular formula is C26H24FIN4O5. The zero-order valence-electron chi connectivity index (χ0n) is 20.2. The first-order chi connectivity index (χ1) is 17.7. The number of para-hydroxylation sites is 1. The van der Waals surface area contributed by atoms with Crippen LogP contribution in [0.4, 0.5) is 15.8 Å². The molecule has 0 saturated carbocycles. The minimum Gasteiger partial charge on any atom is -0.493 e. The Morgan fingerprint density at radius 2 is 1.76 bits per heavy atom. The van der Waals surface area contributed by atoms with Crippen molar-refractivity contribution in [2.75, 3.05) is 24.4 Å². The predicted octanol–water partition coefficient (Wildman–Crippen LogP) is 4.16. The van der Waals surface area contributed by atoms with Crippen LogP contribution in [0.2, 0.25) is 0 Å². The Balaban J connectivity index is 1.59. The highest BCUT2D eigenvalue weighted by Gasteiger charge is 2.16. The van der Waals surface area contributed by atoms with Crippen molar-refractivity contribution in [3.05, 3.63) is 80.7 Å². The molecule has 0 heterocycles. The molecule has 0 aromatic heterocycles. The molecule has 3 amide bonds. The van der Waals surface area contributed by atoms with Gasteiger partial charge >= 0.3 is 11.8 Å². The van der Waals surface area contributed by atoms with Crippen LogP contribution in [-0.2, 0) is 14.4 Å². The fraction of sp³-hybridized carbons (Fsp3) is 0.154. The van der Waals surface area contributed by atoms with Crippen LogP contribution < -0.4 is 25.5 Å². The van der Waals surface area contributed by atoms with E-state index in [1.807, 2.05) is 54.6 Å². The van der Waals surface area contributed by atoms with E-state index in [1.165, 1.54) is 31.5 Å². The first-order valence-corrected chi connectivity index (χ1v) is 12.0. The van der Waals surface area contributed by atoms with Crippen LogP contribution in [0.5, 0.6) is 11.5 Å². The summed E-state index contributed by atoms with van der Waals surface area (Å²) in [5.41, 5.74) is 5.36. The minimum atomic E-state index is -1.07. The van der Waals surface area contributed by atoms with Gasteiger partial charge in [-0.05, 0) is 89.5 Å². The number of hydrogen-bond donors (Lipinski definition) is 3. The highest BCUT2D eigenvalue weighted by atomic mass is 127.